The Morgan fingerprint density at radius 1 is 0.950 bits per heavy atom. The first kappa shape index (κ1) is 12.6. The van der Waals surface area contributed by atoms with Gasteiger partial charge in [-0.2, -0.15) is 13.2 Å². The van der Waals surface area contributed by atoms with Gasteiger partial charge < -0.3 is 9.67 Å². The SMILES string of the molecule is Oc1ccc2c(ccn2-c2cccc(C(F)(F)F)c2)c1. The van der Waals surface area contributed by atoms with Crippen LogP contribution >= 0.6 is 0 Å². The molecular weight excluding hydrogens is 267 g/mol. The fourth-order valence-corrected chi connectivity index (χ4v) is 2.19. The van der Waals surface area contributed by atoms with E-state index in [2.05, 4.69) is 0 Å². The number of nitrogens with zero attached hydrogens (tertiary/aromatic N) is 1. The predicted molar refractivity (Wildman–Crippen MR) is 69.9 cm³/mol. The lowest BCUT2D eigenvalue weighted by Crippen LogP contribution is -2.05. The van der Waals surface area contributed by atoms with Crippen LogP contribution in [-0.4, -0.2) is 9.67 Å². The maximum Gasteiger partial charge on any atom is 0.416 e. The molecule has 0 atom stereocenters. The molecule has 3 aromatic rings. The van der Waals surface area contributed by atoms with Crippen molar-refractivity contribution in [2.75, 3.05) is 0 Å². The number of benzene rings is 2. The van der Waals surface area contributed by atoms with Crippen molar-refractivity contribution in [1.82, 2.24) is 4.57 Å². The van der Waals surface area contributed by atoms with Crippen LogP contribution < -0.4 is 0 Å². The topological polar surface area (TPSA) is 25.2 Å². The van der Waals surface area contributed by atoms with Crippen molar-refractivity contribution in [3.8, 4) is 11.4 Å². The third-order valence-corrected chi connectivity index (χ3v) is 3.13. The second-order valence-electron chi connectivity index (χ2n) is 4.48. The molecular formula is C15H10F3NO. The van der Waals surface area contributed by atoms with Crippen molar-refractivity contribution in [2.45, 2.75) is 6.18 Å². The number of alkyl halides is 3. The molecule has 0 unspecified atom stereocenters. The molecule has 2 aromatic carbocycles. The average Bonchev–Trinajstić information content (AvgIpc) is 2.80. The second kappa shape index (κ2) is 4.30. The minimum absolute atomic E-state index is 0.124. The first-order valence-corrected chi connectivity index (χ1v) is 5.93. The van der Waals surface area contributed by atoms with E-state index in [9.17, 15) is 18.3 Å². The zero-order valence-electron chi connectivity index (χ0n) is 10.2. The van der Waals surface area contributed by atoms with Gasteiger partial charge >= 0.3 is 6.18 Å². The highest BCUT2D eigenvalue weighted by atomic mass is 19.4. The molecule has 0 spiro atoms. The van der Waals surface area contributed by atoms with E-state index in [0.29, 0.717) is 5.69 Å². The van der Waals surface area contributed by atoms with Crippen LogP contribution in [-0.2, 0) is 6.18 Å². The van der Waals surface area contributed by atoms with Crippen molar-refractivity contribution in [3.63, 3.8) is 0 Å². The smallest absolute Gasteiger partial charge is 0.416 e. The van der Waals surface area contributed by atoms with E-state index in [1.807, 2.05) is 0 Å². The lowest BCUT2D eigenvalue weighted by Gasteiger charge is -2.10. The summed E-state index contributed by atoms with van der Waals surface area (Å²) in [6.45, 7) is 0. The van der Waals surface area contributed by atoms with Gasteiger partial charge in [0, 0.05) is 17.3 Å². The van der Waals surface area contributed by atoms with E-state index in [-0.39, 0.29) is 5.75 Å². The van der Waals surface area contributed by atoms with E-state index in [1.54, 1.807) is 35.0 Å². The summed E-state index contributed by atoms with van der Waals surface area (Å²) in [5.41, 5.74) is 0.485. The Morgan fingerprint density at radius 2 is 1.75 bits per heavy atom. The second-order valence-corrected chi connectivity index (χ2v) is 4.48. The van der Waals surface area contributed by atoms with E-state index in [0.717, 1.165) is 23.0 Å². The number of hydrogen-bond donors (Lipinski definition) is 1. The minimum atomic E-state index is -4.36. The molecule has 20 heavy (non-hydrogen) atoms. The molecule has 3 rings (SSSR count). The molecule has 0 aliphatic carbocycles. The van der Waals surface area contributed by atoms with Crippen LogP contribution in [0.1, 0.15) is 5.56 Å². The van der Waals surface area contributed by atoms with E-state index < -0.39 is 11.7 Å². The predicted octanol–water partition coefficient (Wildman–Crippen LogP) is 4.35. The fraction of sp³-hybridized carbons (Fsp3) is 0.0667. The lowest BCUT2D eigenvalue weighted by atomic mass is 10.2. The maximum atomic E-state index is 12.7. The summed E-state index contributed by atoms with van der Waals surface area (Å²) in [5.74, 6) is 0.124. The van der Waals surface area contributed by atoms with Crippen molar-refractivity contribution in [3.05, 3.63) is 60.3 Å². The largest absolute Gasteiger partial charge is 0.508 e. The Kier molecular flexibility index (Phi) is 2.71. The molecule has 0 bridgehead atoms. The van der Waals surface area contributed by atoms with Crippen molar-refractivity contribution >= 4 is 10.9 Å². The summed E-state index contributed by atoms with van der Waals surface area (Å²) in [5, 5.41) is 10.2. The number of rotatable bonds is 1. The van der Waals surface area contributed by atoms with Crippen LogP contribution in [0, 0.1) is 0 Å². The van der Waals surface area contributed by atoms with E-state index in [1.165, 1.54) is 12.1 Å². The molecule has 0 aliphatic rings. The Balaban J connectivity index is 2.16. The highest BCUT2D eigenvalue weighted by Gasteiger charge is 2.30. The van der Waals surface area contributed by atoms with Gasteiger partial charge in [0.25, 0.3) is 0 Å². The summed E-state index contributed by atoms with van der Waals surface area (Å²) in [6, 6.07) is 11.6. The van der Waals surface area contributed by atoms with Gasteiger partial charge in [0.1, 0.15) is 5.75 Å². The quantitative estimate of drug-likeness (QED) is 0.702. The van der Waals surface area contributed by atoms with Crippen LogP contribution in [0.2, 0.25) is 0 Å². The first-order valence-electron chi connectivity index (χ1n) is 5.93. The van der Waals surface area contributed by atoms with Gasteiger partial charge in [0.2, 0.25) is 0 Å². The van der Waals surface area contributed by atoms with Crippen molar-refractivity contribution in [2.24, 2.45) is 0 Å². The van der Waals surface area contributed by atoms with Crippen LogP contribution in [0.15, 0.2) is 54.7 Å². The van der Waals surface area contributed by atoms with Gasteiger partial charge in [0.15, 0.2) is 0 Å². The number of phenols is 1. The molecule has 0 amide bonds. The Morgan fingerprint density at radius 3 is 2.50 bits per heavy atom. The van der Waals surface area contributed by atoms with Gasteiger partial charge in [-0.05, 0) is 42.5 Å². The van der Waals surface area contributed by atoms with Gasteiger partial charge in [-0.15, -0.1) is 0 Å². The number of hydrogen-bond acceptors (Lipinski definition) is 1. The summed E-state index contributed by atoms with van der Waals surface area (Å²) in [7, 11) is 0. The third kappa shape index (κ3) is 2.11. The molecule has 0 fully saturated rings. The van der Waals surface area contributed by atoms with Crippen LogP contribution in [0.5, 0.6) is 5.75 Å². The number of aromatic hydroxyl groups is 1. The van der Waals surface area contributed by atoms with Gasteiger partial charge in [0.05, 0.1) is 11.1 Å². The minimum Gasteiger partial charge on any atom is -0.508 e. The Labute approximate surface area is 112 Å². The van der Waals surface area contributed by atoms with Crippen molar-refractivity contribution < 1.29 is 18.3 Å². The summed E-state index contributed by atoms with van der Waals surface area (Å²) in [4.78, 5) is 0. The maximum absolute atomic E-state index is 12.7. The van der Waals surface area contributed by atoms with Crippen LogP contribution in [0.4, 0.5) is 13.2 Å². The zero-order chi connectivity index (χ0) is 14.3. The monoisotopic (exact) mass is 277 g/mol. The number of aromatic nitrogens is 1. The van der Waals surface area contributed by atoms with E-state index >= 15 is 0 Å². The number of halogens is 3. The molecule has 0 radical (unpaired) electrons. The average molecular weight is 277 g/mol. The molecule has 2 nitrogen and oxygen atoms in total. The fourth-order valence-electron chi connectivity index (χ4n) is 2.19. The molecule has 102 valence electrons. The molecule has 1 aromatic heterocycles. The zero-order valence-corrected chi connectivity index (χ0v) is 10.2. The standard InChI is InChI=1S/C15H10F3NO/c16-15(17,18)11-2-1-3-12(9-11)19-7-6-10-8-13(20)4-5-14(10)19/h1-9,20H. The molecule has 1 heterocycles. The normalized spacial score (nSPS) is 11.9. The van der Waals surface area contributed by atoms with Crippen LogP contribution in [0.25, 0.3) is 16.6 Å². The Bertz CT molecular complexity index is 774. The molecule has 0 saturated carbocycles. The lowest BCUT2D eigenvalue weighted by molar-refractivity contribution is -0.137. The van der Waals surface area contributed by atoms with Gasteiger partial charge in [-0.3, -0.25) is 0 Å². The molecule has 5 heteroatoms. The summed E-state index contributed by atoms with van der Waals surface area (Å²) < 4.78 is 39.9. The summed E-state index contributed by atoms with van der Waals surface area (Å²) in [6.07, 6.45) is -2.68. The highest BCUT2D eigenvalue weighted by molar-refractivity contribution is 5.83. The number of phenolic OH excluding ortho intramolecular Hbond substituents is 1. The van der Waals surface area contributed by atoms with Crippen molar-refractivity contribution in [1.29, 1.82) is 0 Å². The Hall–Kier alpha value is -2.43. The molecule has 0 aliphatic heterocycles. The summed E-state index contributed by atoms with van der Waals surface area (Å²) >= 11 is 0. The highest BCUT2D eigenvalue weighted by Crippen LogP contribution is 2.31. The number of fused-ring (bicyclic) bond motifs is 1. The third-order valence-electron chi connectivity index (χ3n) is 3.13. The first-order chi connectivity index (χ1) is 9.45. The van der Waals surface area contributed by atoms with E-state index in [4.69, 9.17) is 0 Å². The molecule has 0 saturated heterocycles. The van der Waals surface area contributed by atoms with Gasteiger partial charge in [-0.25, -0.2) is 0 Å². The van der Waals surface area contributed by atoms with Gasteiger partial charge in [-0.1, -0.05) is 6.07 Å². The molecule has 1 N–H and O–H groups in total. The van der Waals surface area contributed by atoms with Crippen LogP contribution in [0.3, 0.4) is 0 Å².